The van der Waals surface area contributed by atoms with E-state index in [2.05, 4.69) is 10.6 Å². The third-order valence-corrected chi connectivity index (χ3v) is 2.66. The summed E-state index contributed by atoms with van der Waals surface area (Å²) >= 11 is 0. The maximum Gasteiger partial charge on any atom is 0.272 e. The molecular weight excluding hydrogens is 277 g/mol. The highest BCUT2D eigenvalue weighted by Crippen LogP contribution is 2.16. The number of non-ortho nitro benzene ring substituents is 1. The van der Waals surface area contributed by atoms with Crippen LogP contribution in [0.4, 0.5) is 10.1 Å². The first-order valence-electron chi connectivity index (χ1n) is 6.58. The molecule has 1 atom stereocenters. The molecule has 0 saturated carbocycles. The minimum absolute atomic E-state index is 0.164. The van der Waals surface area contributed by atoms with Crippen molar-refractivity contribution in [3.8, 4) is 0 Å². The van der Waals surface area contributed by atoms with Crippen LogP contribution in [-0.4, -0.2) is 22.4 Å². The van der Waals surface area contributed by atoms with Crippen LogP contribution < -0.4 is 10.6 Å². The summed E-state index contributed by atoms with van der Waals surface area (Å²) in [5.74, 6) is -0.860. The summed E-state index contributed by atoms with van der Waals surface area (Å²) in [7, 11) is 0. The van der Waals surface area contributed by atoms with Gasteiger partial charge in [0.05, 0.1) is 17.0 Å². The molecule has 0 aromatic heterocycles. The van der Waals surface area contributed by atoms with Crippen LogP contribution in [0.15, 0.2) is 18.2 Å². The molecule has 0 aliphatic carbocycles. The molecular formula is C14H20FN3O3. The van der Waals surface area contributed by atoms with Gasteiger partial charge in [-0.1, -0.05) is 0 Å². The van der Waals surface area contributed by atoms with E-state index in [1.807, 2.05) is 20.8 Å². The molecule has 6 nitrogen and oxygen atoms in total. The molecule has 21 heavy (non-hydrogen) atoms. The normalized spacial score (nSPS) is 12.8. The molecule has 1 aromatic rings. The third kappa shape index (κ3) is 5.86. The molecule has 0 radical (unpaired) electrons. The Balaban J connectivity index is 2.67. The molecule has 1 unspecified atom stereocenters. The first-order chi connectivity index (χ1) is 9.58. The number of nitrogens with zero attached hydrogens (tertiary/aromatic N) is 1. The van der Waals surface area contributed by atoms with E-state index in [4.69, 9.17) is 0 Å². The van der Waals surface area contributed by atoms with Gasteiger partial charge in [-0.15, -0.1) is 0 Å². The van der Waals surface area contributed by atoms with Gasteiger partial charge in [-0.05, 0) is 39.3 Å². The Morgan fingerprint density at radius 3 is 2.52 bits per heavy atom. The zero-order valence-corrected chi connectivity index (χ0v) is 12.6. The molecule has 0 heterocycles. The molecule has 1 amide bonds. The van der Waals surface area contributed by atoms with Crippen molar-refractivity contribution in [2.24, 2.45) is 0 Å². The van der Waals surface area contributed by atoms with Crippen molar-refractivity contribution in [2.75, 3.05) is 0 Å². The van der Waals surface area contributed by atoms with Crippen LogP contribution in [0.3, 0.4) is 0 Å². The van der Waals surface area contributed by atoms with E-state index < -0.39 is 16.8 Å². The SMILES string of the molecule is CC(NCc1cc(F)cc([N+](=O)[O-])c1)C(=O)NC(C)(C)C. The molecule has 7 heteroatoms. The van der Waals surface area contributed by atoms with Crippen molar-refractivity contribution in [2.45, 2.75) is 45.8 Å². The summed E-state index contributed by atoms with van der Waals surface area (Å²) in [5, 5.41) is 16.4. The molecule has 0 aliphatic rings. The number of nitrogens with one attached hydrogen (secondary N) is 2. The van der Waals surface area contributed by atoms with E-state index in [1.54, 1.807) is 6.92 Å². The zero-order chi connectivity index (χ0) is 16.2. The molecule has 2 N–H and O–H groups in total. The van der Waals surface area contributed by atoms with Gasteiger partial charge in [-0.3, -0.25) is 14.9 Å². The Morgan fingerprint density at radius 1 is 1.38 bits per heavy atom. The Morgan fingerprint density at radius 2 is 2.00 bits per heavy atom. The van der Waals surface area contributed by atoms with E-state index in [-0.39, 0.29) is 23.7 Å². The molecule has 116 valence electrons. The lowest BCUT2D eigenvalue weighted by molar-refractivity contribution is -0.385. The first kappa shape index (κ1) is 17.0. The molecule has 0 spiro atoms. The van der Waals surface area contributed by atoms with E-state index in [1.165, 1.54) is 12.1 Å². The number of halogens is 1. The van der Waals surface area contributed by atoms with Gasteiger partial charge < -0.3 is 10.6 Å². The van der Waals surface area contributed by atoms with Crippen LogP contribution in [0.2, 0.25) is 0 Å². The summed E-state index contributed by atoms with van der Waals surface area (Å²) in [6, 6.07) is 2.85. The third-order valence-electron chi connectivity index (χ3n) is 2.66. The van der Waals surface area contributed by atoms with Gasteiger partial charge in [0.2, 0.25) is 5.91 Å². The lowest BCUT2D eigenvalue weighted by atomic mass is 10.1. The second-order valence-corrected chi connectivity index (χ2v) is 5.92. The van der Waals surface area contributed by atoms with E-state index in [0.717, 1.165) is 6.07 Å². The van der Waals surface area contributed by atoms with Gasteiger partial charge in [-0.25, -0.2) is 4.39 Å². The highest BCUT2D eigenvalue weighted by Gasteiger charge is 2.19. The van der Waals surface area contributed by atoms with Crippen molar-refractivity contribution in [3.05, 3.63) is 39.7 Å². The maximum absolute atomic E-state index is 13.3. The average molecular weight is 297 g/mol. The van der Waals surface area contributed by atoms with Gasteiger partial charge in [0.1, 0.15) is 5.82 Å². The molecule has 0 saturated heterocycles. The topological polar surface area (TPSA) is 84.3 Å². The Labute approximate surface area is 122 Å². The number of nitro groups is 1. The summed E-state index contributed by atoms with van der Waals surface area (Å²) < 4.78 is 13.3. The molecule has 0 aliphatic heterocycles. The van der Waals surface area contributed by atoms with Crippen LogP contribution in [-0.2, 0) is 11.3 Å². The van der Waals surface area contributed by atoms with Crippen molar-refractivity contribution in [1.29, 1.82) is 0 Å². The number of hydrogen-bond acceptors (Lipinski definition) is 4. The maximum atomic E-state index is 13.3. The summed E-state index contributed by atoms with van der Waals surface area (Å²) in [4.78, 5) is 21.9. The Kier molecular flexibility index (Phi) is 5.37. The lowest BCUT2D eigenvalue weighted by Crippen LogP contribution is -2.49. The number of hydrogen-bond donors (Lipinski definition) is 2. The Hall–Kier alpha value is -2.02. The smallest absolute Gasteiger partial charge is 0.272 e. The van der Waals surface area contributed by atoms with Crippen LogP contribution in [0, 0.1) is 15.9 Å². The number of rotatable bonds is 5. The quantitative estimate of drug-likeness (QED) is 0.644. The largest absolute Gasteiger partial charge is 0.350 e. The van der Waals surface area contributed by atoms with Crippen LogP contribution >= 0.6 is 0 Å². The second kappa shape index (κ2) is 6.62. The van der Waals surface area contributed by atoms with Gasteiger partial charge in [0, 0.05) is 18.2 Å². The van der Waals surface area contributed by atoms with Crippen molar-refractivity contribution in [3.63, 3.8) is 0 Å². The van der Waals surface area contributed by atoms with E-state index >= 15 is 0 Å². The first-order valence-corrected chi connectivity index (χ1v) is 6.58. The summed E-state index contributed by atoms with van der Waals surface area (Å²) in [6.07, 6.45) is 0. The standard InChI is InChI=1S/C14H20FN3O3/c1-9(13(19)17-14(2,3)4)16-8-10-5-11(15)7-12(6-10)18(20)21/h5-7,9,16H,8H2,1-4H3,(H,17,19). The predicted octanol–water partition coefficient (Wildman–Crippen LogP) is 2.13. The van der Waals surface area contributed by atoms with Crippen molar-refractivity contribution in [1.82, 2.24) is 10.6 Å². The minimum atomic E-state index is -0.673. The highest BCUT2D eigenvalue weighted by atomic mass is 19.1. The average Bonchev–Trinajstić information content (AvgIpc) is 2.33. The number of carbonyl (C=O) groups is 1. The van der Waals surface area contributed by atoms with E-state index in [9.17, 15) is 19.3 Å². The van der Waals surface area contributed by atoms with Gasteiger partial charge in [0.25, 0.3) is 5.69 Å². The minimum Gasteiger partial charge on any atom is -0.350 e. The fraction of sp³-hybridized carbons (Fsp3) is 0.500. The van der Waals surface area contributed by atoms with Crippen molar-refractivity contribution < 1.29 is 14.1 Å². The zero-order valence-electron chi connectivity index (χ0n) is 12.6. The van der Waals surface area contributed by atoms with Crippen LogP contribution in [0.25, 0.3) is 0 Å². The molecule has 0 fully saturated rings. The van der Waals surface area contributed by atoms with E-state index in [0.29, 0.717) is 5.56 Å². The van der Waals surface area contributed by atoms with Gasteiger partial charge >= 0.3 is 0 Å². The summed E-state index contributed by atoms with van der Waals surface area (Å²) in [5.41, 5.74) is -0.235. The fourth-order valence-corrected chi connectivity index (χ4v) is 1.68. The number of carbonyl (C=O) groups excluding carboxylic acids is 1. The fourth-order valence-electron chi connectivity index (χ4n) is 1.68. The van der Waals surface area contributed by atoms with Gasteiger partial charge in [0.15, 0.2) is 0 Å². The monoisotopic (exact) mass is 297 g/mol. The molecule has 1 aromatic carbocycles. The Bertz CT molecular complexity index is 541. The lowest BCUT2D eigenvalue weighted by Gasteiger charge is -2.23. The number of amides is 1. The molecule has 0 bridgehead atoms. The summed E-state index contributed by atoms with van der Waals surface area (Å²) in [6.45, 7) is 7.45. The van der Waals surface area contributed by atoms with Gasteiger partial charge in [-0.2, -0.15) is 0 Å². The number of nitro benzene ring substituents is 1. The van der Waals surface area contributed by atoms with Crippen molar-refractivity contribution >= 4 is 11.6 Å². The molecule has 1 rings (SSSR count). The second-order valence-electron chi connectivity index (χ2n) is 5.92. The highest BCUT2D eigenvalue weighted by molar-refractivity contribution is 5.81. The predicted molar refractivity (Wildman–Crippen MR) is 77.3 cm³/mol. The number of benzene rings is 1. The van der Waals surface area contributed by atoms with Crippen LogP contribution in [0.1, 0.15) is 33.3 Å². The van der Waals surface area contributed by atoms with Crippen LogP contribution in [0.5, 0.6) is 0 Å².